The van der Waals surface area contributed by atoms with E-state index in [1.807, 2.05) is 62.4 Å². The lowest BCUT2D eigenvalue weighted by Gasteiger charge is -2.14. The van der Waals surface area contributed by atoms with Crippen molar-refractivity contribution in [3.63, 3.8) is 0 Å². The summed E-state index contributed by atoms with van der Waals surface area (Å²) >= 11 is 1.41. The van der Waals surface area contributed by atoms with Crippen molar-refractivity contribution in [1.82, 2.24) is 0 Å². The number of esters is 1. The molecule has 0 heterocycles. The molecule has 1 N–H and O–H groups in total. The summed E-state index contributed by atoms with van der Waals surface area (Å²) in [4.78, 5) is 25.0. The fourth-order valence-corrected chi connectivity index (χ4v) is 2.69. The summed E-state index contributed by atoms with van der Waals surface area (Å²) in [5, 5.41) is 4.44. The van der Waals surface area contributed by atoms with Crippen molar-refractivity contribution in [2.45, 2.75) is 31.8 Å². The number of rotatable bonds is 6. The van der Waals surface area contributed by atoms with E-state index >= 15 is 0 Å². The van der Waals surface area contributed by atoms with Gasteiger partial charge in [-0.05, 0) is 55.5 Å². The number of aryl methyl sites for hydroxylation is 2. The van der Waals surface area contributed by atoms with Gasteiger partial charge in [0.15, 0.2) is 6.10 Å². The van der Waals surface area contributed by atoms with E-state index in [2.05, 4.69) is 5.32 Å². The van der Waals surface area contributed by atoms with Gasteiger partial charge in [0.1, 0.15) is 0 Å². The fourth-order valence-electron chi connectivity index (χ4n) is 2.04. The molecule has 0 unspecified atom stereocenters. The van der Waals surface area contributed by atoms with E-state index in [4.69, 9.17) is 4.74 Å². The zero-order valence-corrected chi connectivity index (χ0v) is 15.3. The monoisotopic (exact) mass is 355 g/mol. The van der Waals surface area contributed by atoms with E-state index in [-0.39, 0.29) is 5.91 Å². The van der Waals surface area contributed by atoms with Crippen molar-refractivity contribution in [3.05, 3.63) is 71.1 Å². The minimum absolute atomic E-state index is 0.355. The number of hydrogen-bond acceptors (Lipinski definition) is 4. The van der Waals surface area contributed by atoms with Crippen LogP contribution in [0.2, 0.25) is 0 Å². The van der Waals surface area contributed by atoms with E-state index in [0.717, 1.165) is 21.7 Å². The first-order valence-electron chi connectivity index (χ1n) is 7.92. The summed E-state index contributed by atoms with van der Waals surface area (Å²) < 4.78 is 5.14. The Hall–Kier alpha value is -2.53. The zero-order chi connectivity index (χ0) is 18.2. The molecule has 1 amide bonds. The quantitative estimate of drug-likeness (QED) is 0.471. The molecule has 130 valence electrons. The lowest BCUT2D eigenvalue weighted by atomic mass is 10.1. The molecule has 0 saturated carbocycles. The highest BCUT2D eigenvalue weighted by Gasteiger charge is 2.17. The van der Waals surface area contributed by atoms with E-state index in [1.54, 1.807) is 12.3 Å². The van der Waals surface area contributed by atoms with Gasteiger partial charge in [-0.1, -0.05) is 42.1 Å². The van der Waals surface area contributed by atoms with Crippen molar-refractivity contribution < 1.29 is 14.3 Å². The molecule has 0 aliphatic heterocycles. The first-order valence-corrected chi connectivity index (χ1v) is 8.80. The number of amides is 1. The molecular formula is C20H21NO3S. The van der Waals surface area contributed by atoms with Gasteiger partial charge < -0.3 is 10.1 Å². The zero-order valence-electron chi connectivity index (χ0n) is 14.5. The Morgan fingerprint density at radius 2 is 1.84 bits per heavy atom. The normalized spacial score (nSPS) is 12.0. The summed E-state index contributed by atoms with van der Waals surface area (Å²) in [5.41, 5.74) is 2.73. The van der Waals surface area contributed by atoms with Gasteiger partial charge in [-0.2, -0.15) is 0 Å². The van der Waals surface area contributed by atoms with Gasteiger partial charge in [-0.25, -0.2) is 4.79 Å². The van der Waals surface area contributed by atoms with Gasteiger partial charge in [0.05, 0.1) is 0 Å². The molecular weight excluding hydrogens is 334 g/mol. The Balaban J connectivity index is 1.85. The summed E-state index contributed by atoms with van der Waals surface area (Å²) in [6.07, 6.45) is 0.443. The van der Waals surface area contributed by atoms with E-state index < -0.39 is 12.1 Å². The average molecular weight is 355 g/mol. The molecule has 0 saturated heterocycles. The molecule has 1 atom stereocenters. The maximum absolute atomic E-state index is 12.2. The molecule has 4 nitrogen and oxygen atoms in total. The van der Waals surface area contributed by atoms with Crippen LogP contribution >= 0.6 is 11.8 Å². The maximum Gasteiger partial charge on any atom is 0.332 e. The molecule has 0 aliphatic rings. The molecule has 0 fully saturated rings. The van der Waals surface area contributed by atoms with Crippen LogP contribution in [0.4, 0.5) is 5.69 Å². The Kier molecular flexibility index (Phi) is 6.83. The molecule has 2 aromatic carbocycles. The predicted octanol–water partition coefficient (Wildman–Crippen LogP) is 4.48. The van der Waals surface area contributed by atoms with Crippen molar-refractivity contribution in [2.24, 2.45) is 0 Å². The number of carbonyl (C=O) groups is 2. The predicted molar refractivity (Wildman–Crippen MR) is 102 cm³/mol. The van der Waals surface area contributed by atoms with Crippen LogP contribution in [-0.2, 0) is 14.3 Å². The minimum atomic E-state index is -0.876. The highest BCUT2D eigenvalue weighted by atomic mass is 32.2. The third-order valence-electron chi connectivity index (χ3n) is 3.46. The summed E-state index contributed by atoms with van der Waals surface area (Å²) in [6, 6.07) is 15.5. The lowest BCUT2D eigenvalue weighted by molar-refractivity contribution is -0.148. The topological polar surface area (TPSA) is 55.4 Å². The second-order valence-corrected chi connectivity index (χ2v) is 6.60. The molecule has 0 aliphatic carbocycles. The van der Waals surface area contributed by atoms with Gasteiger partial charge in [0.25, 0.3) is 5.91 Å². The number of nitrogens with one attached hydrogen (secondary N) is 1. The molecule has 0 radical (unpaired) electrons. The molecule has 0 spiro atoms. The van der Waals surface area contributed by atoms with Crippen LogP contribution in [0.3, 0.4) is 0 Å². The van der Waals surface area contributed by atoms with E-state index in [0.29, 0.717) is 0 Å². The Labute approximate surface area is 152 Å². The Bertz CT molecular complexity index is 772. The van der Waals surface area contributed by atoms with Gasteiger partial charge in [-0.15, -0.1) is 0 Å². The van der Waals surface area contributed by atoms with Crippen molar-refractivity contribution in [1.29, 1.82) is 0 Å². The number of carbonyl (C=O) groups excluding carboxylic acids is 2. The van der Waals surface area contributed by atoms with Gasteiger partial charge in [0, 0.05) is 16.7 Å². The Morgan fingerprint density at radius 1 is 1.12 bits per heavy atom. The maximum atomic E-state index is 12.2. The first kappa shape index (κ1) is 18.8. The van der Waals surface area contributed by atoms with Crippen LogP contribution in [0.15, 0.2) is 64.9 Å². The van der Waals surface area contributed by atoms with Crippen LogP contribution in [0.5, 0.6) is 0 Å². The second-order valence-electron chi connectivity index (χ2n) is 5.62. The van der Waals surface area contributed by atoms with Crippen LogP contribution in [0.25, 0.3) is 0 Å². The van der Waals surface area contributed by atoms with Gasteiger partial charge >= 0.3 is 5.97 Å². The molecule has 2 aromatic rings. The van der Waals surface area contributed by atoms with Crippen LogP contribution in [-0.4, -0.2) is 18.0 Å². The third-order valence-corrected chi connectivity index (χ3v) is 4.28. The van der Waals surface area contributed by atoms with Crippen molar-refractivity contribution >= 4 is 29.3 Å². The number of ether oxygens (including phenoxy) is 1. The number of thioether (sulfide) groups is 1. The smallest absolute Gasteiger partial charge is 0.332 e. The van der Waals surface area contributed by atoms with Crippen LogP contribution < -0.4 is 5.32 Å². The molecule has 0 aromatic heterocycles. The highest BCUT2D eigenvalue weighted by molar-refractivity contribution is 8.02. The van der Waals surface area contributed by atoms with Crippen molar-refractivity contribution in [3.8, 4) is 0 Å². The third kappa shape index (κ3) is 6.12. The number of hydrogen-bond donors (Lipinski definition) is 1. The molecule has 5 heteroatoms. The second kappa shape index (κ2) is 9.08. The largest absolute Gasteiger partial charge is 0.449 e. The van der Waals surface area contributed by atoms with Crippen molar-refractivity contribution in [2.75, 3.05) is 5.32 Å². The molecule has 2 rings (SSSR count). The number of benzene rings is 2. The minimum Gasteiger partial charge on any atom is -0.449 e. The summed E-state index contributed by atoms with van der Waals surface area (Å²) in [6.45, 7) is 5.42. The average Bonchev–Trinajstić information content (AvgIpc) is 2.59. The lowest BCUT2D eigenvalue weighted by Crippen LogP contribution is -2.29. The highest BCUT2D eigenvalue weighted by Crippen LogP contribution is 2.18. The standard InChI is InChI=1S/C20H21NO3S/c1-14-9-10-15(2)18(13-14)21-20(23)16(3)24-19(22)11-12-25-17-7-5-4-6-8-17/h4-13,16H,1-3H3,(H,21,23)/b12-11+/t16-/m0/s1. The SMILES string of the molecule is Cc1ccc(C)c(NC(=O)[C@H](C)OC(=O)/C=C/Sc2ccccc2)c1. The van der Waals surface area contributed by atoms with Gasteiger partial charge in [0.2, 0.25) is 0 Å². The van der Waals surface area contributed by atoms with E-state index in [1.165, 1.54) is 17.8 Å². The first-order chi connectivity index (χ1) is 12.0. The molecule has 25 heavy (non-hydrogen) atoms. The van der Waals surface area contributed by atoms with Crippen LogP contribution in [0, 0.1) is 13.8 Å². The fraction of sp³-hybridized carbons (Fsp3) is 0.200. The van der Waals surface area contributed by atoms with E-state index in [9.17, 15) is 9.59 Å². The summed E-state index contributed by atoms with van der Waals surface area (Å²) in [5.74, 6) is -0.904. The van der Waals surface area contributed by atoms with Crippen LogP contribution in [0.1, 0.15) is 18.1 Å². The summed E-state index contributed by atoms with van der Waals surface area (Å²) in [7, 11) is 0. The number of anilines is 1. The van der Waals surface area contributed by atoms with Gasteiger partial charge in [-0.3, -0.25) is 4.79 Å². The Morgan fingerprint density at radius 3 is 2.56 bits per heavy atom. The molecule has 0 bridgehead atoms.